The fraction of sp³-hybridized carbons (Fsp3) is 0.200. The van der Waals surface area contributed by atoms with E-state index in [2.05, 4.69) is 0 Å². The third-order valence-electron chi connectivity index (χ3n) is 8.00. The van der Waals surface area contributed by atoms with Gasteiger partial charge in [0.15, 0.2) is 5.78 Å². The number of ether oxygens (including phenoxy) is 1. The first-order chi connectivity index (χ1) is 20.6. The Balaban J connectivity index is 1.24. The second-order valence-corrected chi connectivity index (χ2v) is 10.5. The van der Waals surface area contributed by atoms with Gasteiger partial charge in [0.05, 0.1) is 21.7 Å². The van der Waals surface area contributed by atoms with Gasteiger partial charge in [0, 0.05) is 35.4 Å². The van der Waals surface area contributed by atoms with Crippen molar-refractivity contribution in [3.63, 3.8) is 0 Å². The molecule has 3 amide bonds. The molecule has 0 spiro atoms. The SMILES string of the molecule is O=C(CN(C(=O)c1ccc([N+](=O)[O-])cc1)N1C(=O)[C@H]2[C@H](C1=O)[C@H]1C=C[C@H]2C1)c1ccc(Oc2ccc([N+](=O)[O-])cc2)cc1. The van der Waals surface area contributed by atoms with Crippen LogP contribution in [0.2, 0.25) is 0 Å². The van der Waals surface area contributed by atoms with Crippen LogP contribution in [0, 0.1) is 43.9 Å². The van der Waals surface area contributed by atoms with Crippen LogP contribution in [0.1, 0.15) is 27.1 Å². The molecule has 6 rings (SSSR count). The molecule has 1 saturated carbocycles. The number of amides is 3. The quantitative estimate of drug-likeness (QED) is 0.117. The number of nitrogens with zero attached hydrogens (tertiary/aromatic N) is 4. The summed E-state index contributed by atoms with van der Waals surface area (Å²) in [5.74, 6) is -3.29. The summed E-state index contributed by atoms with van der Waals surface area (Å²) in [6, 6.07) is 16.0. The van der Waals surface area contributed by atoms with Crippen LogP contribution in [0.25, 0.3) is 0 Å². The molecule has 3 aromatic rings. The number of fused-ring (bicyclic) bond motifs is 5. The normalized spacial score (nSPS) is 21.5. The molecule has 1 aliphatic heterocycles. The number of carbonyl (C=O) groups is 4. The molecule has 3 aliphatic rings. The number of hydrogen-bond acceptors (Lipinski definition) is 9. The van der Waals surface area contributed by atoms with Gasteiger partial charge in [-0.05, 0) is 66.8 Å². The molecule has 43 heavy (non-hydrogen) atoms. The van der Waals surface area contributed by atoms with E-state index in [1.807, 2.05) is 12.2 Å². The Morgan fingerprint density at radius 3 is 1.67 bits per heavy atom. The Hall–Kier alpha value is -5.72. The summed E-state index contributed by atoms with van der Waals surface area (Å²) in [5, 5.41) is 23.5. The molecule has 216 valence electrons. The van der Waals surface area contributed by atoms with Gasteiger partial charge >= 0.3 is 0 Å². The van der Waals surface area contributed by atoms with Crippen molar-refractivity contribution < 1.29 is 33.8 Å². The van der Waals surface area contributed by atoms with E-state index in [-0.39, 0.29) is 34.3 Å². The molecule has 0 radical (unpaired) electrons. The summed E-state index contributed by atoms with van der Waals surface area (Å²) in [7, 11) is 0. The summed E-state index contributed by atoms with van der Waals surface area (Å²) >= 11 is 0. The summed E-state index contributed by atoms with van der Waals surface area (Å²) in [6.45, 7) is -0.641. The molecule has 13 nitrogen and oxygen atoms in total. The summed E-state index contributed by atoms with van der Waals surface area (Å²) in [6.07, 6.45) is 4.51. The minimum Gasteiger partial charge on any atom is -0.457 e. The average Bonchev–Trinajstić information content (AvgIpc) is 3.70. The molecule has 1 heterocycles. The molecule has 0 unspecified atom stereocenters. The number of rotatable bonds is 9. The van der Waals surface area contributed by atoms with Crippen LogP contribution in [-0.4, -0.2) is 49.9 Å². The molecule has 1 saturated heterocycles. The maximum absolute atomic E-state index is 13.7. The highest BCUT2D eigenvalue weighted by atomic mass is 16.6. The minimum atomic E-state index is -0.830. The van der Waals surface area contributed by atoms with E-state index in [0.29, 0.717) is 17.9 Å². The van der Waals surface area contributed by atoms with E-state index in [4.69, 9.17) is 4.74 Å². The van der Waals surface area contributed by atoms with Crippen LogP contribution in [-0.2, 0) is 9.59 Å². The first kappa shape index (κ1) is 27.4. The van der Waals surface area contributed by atoms with E-state index in [1.54, 1.807) is 0 Å². The zero-order chi connectivity index (χ0) is 30.4. The minimum absolute atomic E-state index is 0.0380. The Bertz CT molecular complexity index is 1670. The predicted molar refractivity (Wildman–Crippen MR) is 148 cm³/mol. The van der Waals surface area contributed by atoms with Crippen molar-refractivity contribution in [2.24, 2.45) is 23.7 Å². The number of carbonyl (C=O) groups excluding carboxylic acids is 4. The van der Waals surface area contributed by atoms with Gasteiger partial charge < -0.3 is 4.74 Å². The van der Waals surface area contributed by atoms with E-state index in [0.717, 1.165) is 22.2 Å². The van der Waals surface area contributed by atoms with Crippen molar-refractivity contribution in [2.75, 3.05) is 6.54 Å². The maximum Gasteiger partial charge on any atom is 0.273 e. The number of hydrazine groups is 1. The Morgan fingerprint density at radius 2 is 1.19 bits per heavy atom. The highest BCUT2D eigenvalue weighted by Crippen LogP contribution is 2.52. The molecule has 0 N–H and O–H groups in total. The number of Topliss-reactive ketones (excluding diaryl/α,β-unsaturated/α-hetero) is 1. The third kappa shape index (κ3) is 4.90. The highest BCUT2D eigenvalue weighted by molar-refractivity contribution is 6.10. The summed E-state index contributed by atoms with van der Waals surface area (Å²) in [5.41, 5.74) is -0.216. The topological polar surface area (TPSA) is 170 Å². The fourth-order valence-electron chi connectivity index (χ4n) is 5.94. The van der Waals surface area contributed by atoms with Gasteiger partial charge in [0.1, 0.15) is 18.0 Å². The molecule has 4 atom stereocenters. The van der Waals surface area contributed by atoms with Crippen molar-refractivity contribution in [1.29, 1.82) is 0 Å². The second-order valence-electron chi connectivity index (χ2n) is 10.5. The third-order valence-corrected chi connectivity index (χ3v) is 8.00. The number of ketones is 1. The Morgan fingerprint density at radius 1 is 0.744 bits per heavy atom. The lowest BCUT2D eigenvalue weighted by Gasteiger charge is -2.30. The van der Waals surface area contributed by atoms with Crippen molar-refractivity contribution >= 4 is 34.9 Å². The monoisotopic (exact) mass is 582 g/mol. The van der Waals surface area contributed by atoms with Crippen LogP contribution >= 0.6 is 0 Å². The number of benzene rings is 3. The number of nitro benzene ring substituents is 2. The summed E-state index contributed by atoms with van der Waals surface area (Å²) in [4.78, 5) is 74.9. The van der Waals surface area contributed by atoms with Crippen LogP contribution < -0.4 is 4.74 Å². The standard InChI is InChI=1S/C30H22N4O9/c35-25(17-5-11-23(12-6-17)43-24-13-9-22(10-14-24)34(41)42)16-31(28(36)18-3-7-21(8-4-18)33(39)40)32-29(37)26-19-1-2-20(15-19)27(26)30(32)38/h1-14,19-20,26-27H,15-16H2/t19-,20-,26+,27+/m0/s1. The largest absolute Gasteiger partial charge is 0.457 e. The molecule has 2 aliphatic carbocycles. The zero-order valence-corrected chi connectivity index (χ0v) is 22.3. The molecule has 2 bridgehead atoms. The maximum atomic E-state index is 13.7. The molecular weight excluding hydrogens is 560 g/mol. The van der Waals surface area contributed by atoms with Gasteiger partial charge in [-0.1, -0.05) is 12.2 Å². The van der Waals surface area contributed by atoms with Crippen LogP contribution in [0.5, 0.6) is 11.5 Å². The average molecular weight is 583 g/mol. The smallest absolute Gasteiger partial charge is 0.273 e. The van der Waals surface area contributed by atoms with E-state index in [1.165, 1.54) is 60.7 Å². The molecule has 13 heteroatoms. The lowest BCUT2D eigenvalue weighted by Crippen LogP contribution is -2.52. The van der Waals surface area contributed by atoms with Gasteiger partial charge in [0.25, 0.3) is 29.1 Å². The van der Waals surface area contributed by atoms with Crippen LogP contribution in [0.15, 0.2) is 84.9 Å². The van der Waals surface area contributed by atoms with Gasteiger partial charge in [0.2, 0.25) is 0 Å². The van der Waals surface area contributed by atoms with E-state index in [9.17, 15) is 39.4 Å². The first-order valence-electron chi connectivity index (χ1n) is 13.3. The van der Waals surface area contributed by atoms with E-state index < -0.39 is 51.7 Å². The van der Waals surface area contributed by atoms with Crippen molar-refractivity contribution in [3.8, 4) is 11.5 Å². The molecular formula is C30H22N4O9. The fourth-order valence-corrected chi connectivity index (χ4v) is 5.94. The zero-order valence-electron chi connectivity index (χ0n) is 22.3. The highest BCUT2D eigenvalue weighted by Gasteiger charge is 2.61. The van der Waals surface area contributed by atoms with Crippen molar-refractivity contribution in [2.45, 2.75) is 6.42 Å². The van der Waals surface area contributed by atoms with Crippen LogP contribution in [0.4, 0.5) is 11.4 Å². The number of hydrogen-bond donors (Lipinski definition) is 0. The molecule has 2 fully saturated rings. The van der Waals surface area contributed by atoms with Crippen LogP contribution in [0.3, 0.4) is 0 Å². The number of nitro groups is 2. The predicted octanol–water partition coefficient (Wildman–Crippen LogP) is 4.34. The summed E-state index contributed by atoms with van der Waals surface area (Å²) < 4.78 is 5.68. The number of non-ortho nitro benzene ring substituents is 2. The lowest BCUT2D eigenvalue weighted by molar-refractivity contribution is -0.385. The van der Waals surface area contributed by atoms with E-state index >= 15 is 0 Å². The molecule has 0 aromatic heterocycles. The van der Waals surface area contributed by atoms with Crippen molar-refractivity contribution in [3.05, 3.63) is 116 Å². The van der Waals surface area contributed by atoms with Gasteiger partial charge in [-0.2, -0.15) is 5.01 Å². The number of allylic oxidation sites excluding steroid dienone is 2. The van der Waals surface area contributed by atoms with Gasteiger partial charge in [-0.15, -0.1) is 0 Å². The van der Waals surface area contributed by atoms with Gasteiger partial charge in [-0.25, -0.2) is 5.01 Å². The van der Waals surface area contributed by atoms with Crippen molar-refractivity contribution in [1.82, 2.24) is 10.0 Å². The first-order valence-corrected chi connectivity index (χ1v) is 13.3. The van der Waals surface area contributed by atoms with Gasteiger partial charge in [-0.3, -0.25) is 39.4 Å². The number of imide groups is 1. The Kier molecular flexibility index (Phi) is 6.76. The Labute approximate surface area is 243 Å². The second kappa shape index (κ2) is 10.6. The lowest BCUT2D eigenvalue weighted by atomic mass is 9.85. The molecule has 3 aromatic carbocycles.